The number of rotatable bonds is 4. The molecule has 0 bridgehead atoms. The zero-order valence-corrected chi connectivity index (χ0v) is 15.3. The Morgan fingerprint density at radius 3 is 2.48 bits per heavy atom. The van der Waals surface area contributed by atoms with Crippen LogP contribution >= 0.6 is 11.3 Å². The van der Waals surface area contributed by atoms with Crippen LogP contribution in [0.15, 0.2) is 78.2 Å². The fraction of sp³-hybridized carbons (Fsp3) is 0.0909. The van der Waals surface area contributed by atoms with E-state index in [1.54, 1.807) is 17.4 Å². The van der Waals surface area contributed by atoms with E-state index in [1.807, 2.05) is 66.7 Å². The second-order valence-corrected chi connectivity index (χ2v) is 7.09. The van der Waals surface area contributed by atoms with Crippen LogP contribution in [0.5, 0.6) is 0 Å². The third kappa shape index (κ3) is 3.68. The molecule has 0 radical (unpaired) electrons. The SMILES string of the molecule is O=C(/C=C/c1cc(-c2ccccc2)cs1)N1C(=O)OC[C@@H]1c1ccccc1. The lowest BCUT2D eigenvalue weighted by molar-refractivity contribution is -0.124. The van der Waals surface area contributed by atoms with Gasteiger partial charge in [0.25, 0.3) is 5.91 Å². The molecule has 1 aliphatic rings. The summed E-state index contributed by atoms with van der Waals surface area (Å²) in [5.41, 5.74) is 3.12. The van der Waals surface area contributed by atoms with E-state index < -0.39 is 6.09 Å². The van der Waals surface area contributed by atoms with Crippen molar-refractivity contribution < 1.29 is 14.3 Å². The van der Waals surface area contributed by atoms with Crippen molar-refractivity contribution in [3.8, 4) is 11.1 Å². The van der Waals surface area contributed by atoms with E-state index in [2.05, 4.69) is 5.38 Å². The van der Waals surface area contributed by atoms with Crippen LogP contribution in [0.2, 0.25) is 0 Å². The first-order valence-electron chi connectivity index (χ1n) is 8.59. The molecule has 1 fully saturated rings. The van der Waals surface area contributed by atoms with Gasteiger partial charge in [-0.2, -0.15) is 0 Å². The summed E-state index contributed by atoms with van der Waals surface area (Å²) >= 11 is 1.55. The van der Waals surface area contributed by atoms with Crippen LogP contribution < -0.4 is 0 Å². The Morgan fingerprint density at radius 2 is 1.74 bits per heavy atom. The molecule has 0 spiro atoms. The molecule has 5 heteroatoms. The van der Waals surface area contributed by atoms with Crippen molar-refractivity contribution in [2.75, 3.05) is 6.61 Å². The predicted molar refractivity (Wildman–Crippen MR) is 106 cm³/mol. The molecule has 1 atom stereocenters. The number of cyclic esters (lactones) is 1. The molecular weight excluding hydrogens is 358 g/mol. The summed E-state index contributed by atoms with van der Waals surface area (Å²) in [4.78, 5) is 26.8. The number of thiophene rings is 1. The molecule has 1 aromatic heterocycles. The Morgan fingerprint density at radius 1 is 1.04 bits per heavy atom. The Hall–Kier alpha value is -3.18. The van der Waals surface area contributed by atoms with E-state index in [4.69, 9.17) is 4.74 Å². The van der Waals surface area contributed by atoms with Crippen molar-refractivity contribution in [3.05, 3.63) is 88.6 Å². The van der Waals surface area contributed by atoms with Crippen LogP contribution in [0.25, 0.3) is 17.2 Å². The minimum Gasteiger partial charge on any atom is -0.446 e. The Kier molecular flexibility index (Phi) is 4.85. The van der Waals surface area contributed by atoms with Gasteiger partial charge < -0.3 is 4.74 Å². The summed E-state index contributed by atoms with van der Waals surface area (Å²) in [7, 11) is 0. The molecule has 134 valence electrons. The smallest absolute Gasteiger partial charge is 0.417 e. The van der Waals surface area contributed by atoms with Crippen molar-refractivity contribution in [1.29, 1.82) is 0 Å². The summed E-state index contributed by atoms with van der Waals surface area (Å²) in [5.74, 6) is -0.374. The molecule has 1 saturated heterocycles. The van der Waals surface area contributed by atoms with Gasteiger partial charge in [0, 0.05) is 11.0 Å². The predicted octanol–water partition coefficient (Wildman–Crippen LogP) is 5.15. The lowest BCUT2D eigenvalue weighted by Crippen LogP contribution is -2.32. The summed E-state index contributed by atoms with van der Waals surface area (Å²) in [6, 6.07) is 21.1. The first-order chi connectivity index (χ1) is 13.2. The van der Waals surface area contributed by atoms with E-state index in [-0.39, 0.29) is 18.6 Å². The number of imide groups is 1. The zero-order valence-electron chi connectivity index (χ0n) is 14.4. The quantitative estimate of drug-likeness (QED) is 0.593. The topological polar surface area (TPSA) is 46.6 Å². The van der Waals surface area contributed by atoms with Crippen molar-refractivity contribution in [2.24, 2.45) is 0 Å². The highest BCUT2D eigenvalue weighted by Crippen LogP contribution is 2.29. The minimum absolute atomic E-state index is 0.180. The van der Waals surface area contributed by atoms with Crippen LogP contribution in [0.1, 0.15) is 16.5 Å². The number of carbonyl (C=O) groups is 2. The zero-order chi connectivity index (χ0) is 18.6. The van der Waals surface area contributed by atoms with Gasteiger partial charge in [-0.1, -0.05) is 60.7 Å². The van der Waals surface area contributed by atoms with Gasteiger partial charge in [0.05, 0.1) is 0 Å². The molecule has 0 unspecified atom stereocenters. The van der Waals surface area contributed by atoms with Gasteiger partial charge in [-0.3, -0.25) is 4.79 Å². The first kappa shape index (κ1) is 17.2. The molecule has 2 amide bonds. The maximum atomic E-state index is 12.6. The summed E-state index contributed by atoms with van der Waals surface area (Å²) in [6.45, 7) is 0.180. The Bertz CT molecular complexity index is 979. The van der Waals surface area contributed by atoms with Crippen molar-refractivity contribution in [2.45, 2.75) is 6.04 Å². The van der Waals surface area contributed by atoms with Crippen LogP contribution in [0.3, 0.4) is 0 Å². The molecule has 0 aliphatic carbocycles. The van der Waals surface area contributed by atoms with Gasteiger partial charge in [0.2, 0.25) is 0 Å². The van der Waals surface area contributed by atoms with Crippen LogP contribution in [-0.2, 0) is 9.53 Å². The Labute approximate surface area is 161 Å². The maximum absolute atomic E-state index is 12.6. The average Bonchev–Trinajstić information content (AvgIpc) is 3.34. The highest BCUT2D eigenvalue weighted by Gasteiger charge is 2.37. The van der Waals surface area contributed by atoms with E-state index in [0.29, 0.717) is 0 Å². The standard InChI is InChI=1S/C22H17NO3S/c24-21(23-20(14-26-22(23)25)17-9-5-2-6-10-17)12-11-19-13-18(15-27-19)16-7-3-1-4-8-16/h1-13,15,20H,14H2/b12-11+/t20-/m1/s1. The highest BCUT2D eigenvalue weighted by atomic mass is 32.1. The summed E-state index contributed by atoms with van der Waals surface area (Å²) < 4.78 is 5.10. The van der Waals surface area contributed by atoms with E-state index >= 15 is 0 Å². The molecule has 27 heavy (non-hydrogen) atoms. The normalized spacial score (nSPS) is 16.7. The van der Waals surface area contributed by atoms with E-state index in [0.717, 1.165) is 21.6 Å². The van der Waals surface area contributed by atoms with Crippen LogP contribution in [-0.4, -0.2) is 23.5 Å². The first-order valence-corrected chi connectivity index (χ1v) is 9.47. The molecule has 2 heterocycles. The maximum Gasteiger partial charge on any atom is 0.417 e. The second kappa shape index (κ2) is 7.60. The third-order valence-electron chi connectivity index (χ3n) is 4.41. The number of hydrogen-bond acceptors (Lipinski definition) is 4. The second-order valence-electron chi connectivity index (χ2n) is 6.15. The fourth-order valence-corrected chi connectivity index (χ4v) is 3.85. The largest absolute Gasteiger partial charge is 0.446 e. The molecule has 4 rings (SSSR count). The number of hydrogen-bond donors (Lipinski definition) is 0. The van der Waals surface area contributed by atoms with Crippen molar-refractivity contribution in [3.63, 3.8) is 0 Å². The molecular formula is C22H17NO3S. The molecule has 0 N–H and O–H groups in total. The lowest BCUT2D eigenvalue weighted by atomic mass is 10.1. The number of benzene rings is 2. The number of carbonyl (C=O) groups excluding carboxylic acids is 2. The lowest BCUT2D eigenvalue weighted by Gasteiger charge is -2.18. The molecule has 0 saturated carbocycles. The number of nitrogens with zero attached hydrogens (tertiary/aromatic N) is 1. The molecule has 2 aromatic carbocycles. The molecule has 4 nitrogen and oxygen atoms in total. The fourth-order valence-electron chi connectivity index (χ4n) is 3.04. The van der Waals surface area contributed by atoms with Gasteiger partial charge in [0.15, 0.2) is 0 Å². The van der Waals surface area contributed by atoms with E-state index in [1.165, 1.54) is 11.0 Å². The van der Waals surface area contributed by atoms with Crippen LogP contribution in [0, 0.1) is 0 Å². The number of amides is 2. The molecule has 3 aromatic rings. The van der Waals surface area contributed by atoms with Crippen molar-refractivity contribution in [1.82, 2.24) is 4.90 Å². The van der Waals surface area contributed by atoms with Crippen molar-refractivity contribution >= 4 is 29.4 Å². The van der Waals surface area contributed by atoms with E-state index in [9.17, 15) is 9.59 Å². The number of ether oxygens (including phenoxy) is 1. The minimum atomic E-state index is -0.602. The van der Waals surface area contributed by atoms with Gasteiger partial charge in [-0.15, -0.1) is 11.3 Å². The molecule has 1 aliphatic heterocycles. The summed E-state index contributed by atoms with van der Waals surface area (Å²) in [6.07, 6.45) is 2.57. The summed E-state index contributed by atoms with van der Waals surface area (Å²) in [5, 5.41) is 2.05. The highest BCUT2D eigenvalue weighted by molar-refractivity contribution is 7.11. The third-order valence-corrected chi connectivity index (χ3v) is 5.31. The van der Waals surface area contributed by atoms with Gasteiger partial charge in [-0.25, -0.2) is 9.69 Å². The van der Waals surface area contributed by atoms with Crippen LogP contribution in [0.4, 0.5) is 4.79 Å². The average molecular weight is 375 g/mol. The monoisotopic (exact) mass is 375 g/mol. The van der Waals surface area contributed by atoms with Gasteiger partial charge in [-0.05, 0) is 34.2 Å². The Balaban J connectivity index is 1.51. The van der Waals surface area contributed by atoms with Gasteiger partial charge in [0.1, 0.15) is 12.6 Å². The van der Waals surface area contributed by atoms with Gasteiger partial charge >= 0.3 is 6.09 Å².